The molecule has 1 unspecified atom stereocenters. The molecule has 0 amide bonds. The van der Waals surface area contributed by atoms with Gasteiger partial charge < -0.3 is 5.32 Å². The lowest BCUT2D eigenvalue weighted by Gasteiger charge is -2.23. The van der Waals surface area contributed by atoms with Gasteiger partial charge in [-0.1, -0.05) is 24.3 Å². The molecule has 1 spiro atoms. The number of hydrogen-bond acceptors (Lipinski definition) is 2. The van der Waals surface area contributed by atoms with Crippen LogP contribution in [0.5, 0.6) is 0 Å². The van der Waals surface area contributed by atoms with Crippen molar-refractivity contribution >= 4 is 5.78 Å². The molecule has 0 radical (unpaired) electrons. The van der Waals surface area contributed by atoms with Crippen molar-refractivity contribution in [2.75, 3.05) is 13.1 Å². The summed E-state index contributed by atoms with van der Waals surface area (Å²) in [4.78, 5) is 12.5. The van der Waals surface area contributed by atoms with E-state index in [0.717, 1.165) is 30.6 Å². The van der Waals surface area contributed by atoms with Crippen molar-refractivity contribution in [3.8, 4) is 0 Å². The summed E-state index contributed by atoms with van der Waals surface area (Å²) in [6, 6.07) is 7.98. The first-order valence-corrected chi connectivity index (χ1v) is 6.53. The molecule has 1 atom stereocenters. The molecule has 2 fully saturated rings. The Morgan fingerprint density at radius 2 is 2.00 bits per heavy atom. The molecule has 2 aliphatic rings. The summed E-state index contributed by atoms with van der Waals surface area (Å²) < 4.78 is 0. The molecule has 1 saturated carbocycles. The van der Waals surface area contributed by atoms with E-state index in [1.807, 2.05) is 31.2 Å². The minimum absolute atomic E-state index is 0.297. The fraction of sp³-hybridized carbons (Fsp3) is 0.533. The van der Waals surface area contributed by atoms with Gasteiger partial charge in [-0.2, -0.15) is 0 Å². The molecule has 1 heterocycles. The molecule has 1 aromatic carbocycles. The molecule has 0 aromatic heterocycles. The van der Waals surface area contributed by atoms with E-state index in [9.17, 15) is 4.79 Å². The summed E-state index contributed by atoms with van der Waals surface area (Å²) in [7, 11) is 0. The van der Waals surface area contributed by atoms with E-state index in [2.05, 4.69) is 5.32 Å². The van der Waals surface area contributed by atoms with Gasteiger partial charge in [0.1, 0.15) is 0 Å². The number of carbonyl (C=O) groups excluding carboxylic acids is 1. The number of aryl methyl sites for hydroxylation is 1. The van der Waals surface area contributed by atoms with Crippen LogP contribution in [0.2, 0.25) is 0 Å². The van der Waals surface area contributed by atoms with Gasteiger partial charge in [-0.15, -0.1) is 0 Å². The van der Waals surface area contributed by atoms with Gasteiger partial charge in [-0.3, -0.25) is 4.79 Å². The van der Waals surface area contributed by atoms with Crippen molar-refractivity contribution in [3.05, 3.63) is 35.4 Å². The average molecular weight is 229 g/mol. The molecule has 17 heavy (non-hydrogen) atoms. The van der Waals surface area contributed by atoms with E-state index in [0.29, 0.717) is 17.1 Å². The number of rotatable bonds is 2. The van der Waals surface area contributed by atoms with Crippen molar-refractivity contribution < 1.29 is 4.79 Å². The molecule has 3 rings (SSSR count). The number of hydrogen-bond donors (Lipinski definition) is 1. The first-order chi connectivity index (χ1) is 8.23. The van der Waals surface area contributed by atoms with Crippen LogP contribution in [0.4, 0.5) is 0 Å². The van der Waals surface area contributed by atoms with E-state index in [4.69, 9.17) is 0 Å². The van der Waals surface area contributed by atoms with Gasteiger partial charge in [0.15, 0.2) is 5.78 Å². The van der Waals surface area contributed by atoms with Crippen LogP contribution in [0, 0.1) is 18.3 Å². The highest BCUT2D eigenvalue weighted by atomic mass is 16.1. The Morgan fingerprint density at radius 1 is 1.29 bits per heavy atom. The monoisotopic (exact) mass is 229 g/mol. The zero-order chi connectivity index (χ0) is 11.9. The number of ketones is 1. The van der Waals surface area contributed by atoms with Crippen molar-refractivity contribution in [1.29, 1.82) is 0 Å². The molecule has 1 aliphatic heterocycles. The van der Waals surface area contributed by atoms with Gasteiger partial charge in [0.05, 0.1) is 0 Å². The lowest BCUT2D eigenvalue weighted by molar-refractivity contribution is 0.0940. The maximum Gasteiger partial charge on any atom is 0.166 e. The summed E-state index contributed by atoms with van der Waals surface area (Å²) in [5.41, 5.74) is 2.41. The second kappa shape index (κ2) is 3.95. The number of Topliss-reactive ketones (excluding diaryl/α,β-unsaturated/α-hetero) is 1. The third-order valence-corrected chi connectivity index (χ3v) is 4.52. The Kier molecular flexibility index (Phi) is 2.55. The number of nitrogens with one attached hydrogen (secondary N) is 1. The molecule has 1 aromatic rings. The number of benzene rings is 1. The molecule has 2 nitrogen and oxygen atoms in total. The van der Waals surface area contributed by atoms with Crippen LogP contribution in [0.1, 0.15) is 35.2 Å². The van der Waals surface area contributed by atoms with Crippen LogP contribution in [0.3, 0.4) is 0 Å². The Labute approximate surface area is 102 Å². The fourth-order valence-corrected chi connectivity index (χ4v) is 3.23. The second-order valence-corrected chi connectivity index (χ2v) is 5.55. The van der Waals surface area contributed by atoms with Crippen LogP contribution in [0.15, 0.2) is 24.3 Å². The third kappa shape index (κ3) is 1.81. The van der Waals surface area contributed by atoms with Crippen LogP contribution >= 0.6 is 0 Å². The zero-order valence-corrected chi connectivity index (χ0v) is 10.3. The lowest BCUT2D eigenvalue weighted by Crippen LogP contribution is -2.30. The minimum atomic E-state index is 0.297. The third-order valence-electron chi connectivity index (χ3n) is 4.52. The topological polar surface area (TPSA) is 29.1 Å². The van der Waals surface area contributed by atoms with E-state index in [1.54, 1.807) is 0 Å². The van der Waals surface area contributed by atoms with Crippen LogP contribution in [0.25, 0.3) is 0 Å². The first kappa shape index (κ1) is 11.0. The molecule has 1 aliphatic carbocycles. The van der Waals surface area contributed by atoms with Crippen LogP contribution in [-0.2, 0) is 0 Å². The van der Waals surface area contributed by atoms with Gasteiger partial charge in [0.2, 0.25) is 0 Å². The lowest BCUT2D eigenvalue weighted by atomic mass is 9.88. The highest BCUT2D eigenvalue weighted by Gasteiger charge is 2.57. The predicted molar refractivity (Wildman–Crippen MR) is 68.2 cm³/mol. The quantitative estimate of drug-likeness (QED) is 0.790. The summed E-state index contributed by atoms with van der Waals surface area (Å²) in [5, 5.41) is 3.38. The number of piperidine rings is 1. The molecule has 1 N–H and O–H groups in total. The van der Waals surface area contributed by atoms with Crippen molar-refractivity contribution in [2.24, 2.45) is 11.3 Å². The first-order valence-electron chi connectivity index (χ1n) is 6.53. The maximum absolute atomic E-state index is 12.5. The van der Waals surface area contributed by atoms with Crippen LogP contribution < -0.4 is 5.32 Å². The van der Waals surface area contributed by atoms with Gasteiger partial charge in [0.25, 0.3) is 0 Å². The Bertz CT molecular complexity index is 446. The molecular formula is C15H19NO. The van der Waals surface area contributed by atoms with Crippen molar-refractivity contribution in [1.82, 2.24) is 5.32 Å². The van der Waals surface area contributed by atoms with Gasteiger partial charge >= 0.3 is 0 Å². The molecular weight excluding hydrogens is 210 g/mol. The second-order valence-electron chi connectivity index (χ2n) is 5.55. The Hall–Kier alpha value is -1.15. The predicted octanol–water partition coefficient (Wildman–Crippen LogP) is 2.57. The smallest absolute Gasteiger partial charge is 0.166 e. The molecule has 0 bridgehead atoms. The van der Waals surface area contributed by atoms with E-state index < -0.39 is 0 Å². The highest BCUT2D eigenvalue weighted by Crippen LogP contribution is 2.59. The molecule has 90 valence electrons. The van der Waals surface area contributed by atoms with Gasteiger partial charge in [0, 0.05) is 11.5 Å². The summed E-state index contributed by atoms with van der Waals surface area (Å²) in [5.74, 6) is 0.677. The van der Waals surface area contributed by atoms with Crippen molar-refractivity contribution in [3.63, 3.8) is 0 Å². The van der Waals surface area contributed by atoms with Gasteiger partial charge in [-0.05, 0) is 50.3 Å². The summed E-state index contributed by atoms with van der Waals surface area (Å²) in [6.07, 6.45) is 3.46. The zero-order valence-electron chi connectivity index (χ0n) is 10.3. The Balaban J connectivity index is 1.79. The van der Waals surface area contributed by atoms with E-state index in [1.165, 1.54) is 12.8 Å². The highest BCUT2D eigenvalue weighted by molar-refractivity contribution is 6.01. The number of carbonyl (C=O) groups is 1. The van der Waals surface area contributed by atoms with E-state index >= 15 is 0 Å². The maximum atomic E-state index is 12.5. The summed E-state index contributed by atoms with van der Waals surface area (Å²) >= 11 is 0. The molecule has 1 saturated heterocycles. The molecule has 2 heteroatoms. The standard InChI is InChI=1S/C15H19NO/c1-11-4-2-3-5-12(11)14(17)13-10-15(13)6-8-16-9-7-15/h2-5,13,16H,6-10H2,1H3. The SMILES string of the molecule is Cc1ccccc1C(=O)C1CC12CCNCC2. The average Bonchev–Trinajstić information content (AvgIpc) is 3.04. The summed E-state index contributed by atoms with van der Waals surface area (Å²) in [6.45, 7) is 4.19. The van der Waals surface area contributed by atoms with Crippen LogP contribution in [-0.4, -0.2) is 18.9 Å². The largest absolute Gasteiger partial charge is 0.317 e. The minimum Gasteiger partial charge on any atom is -0.317 e. The van der Waals surface area contributed by atoms with E-state index in [-0.39, 0.29) is 0 Å². The van der Waals surface area contributed by atoms with Gasteiger partial charge in [-0.25, -0.2) is 0 Å². The fourth-order valence-electron chi connectivity index (χ4n) is 3.23. The Morgan fingerprint density at radius 3 is 2.71 bits per heavy atom. The normalized spacial score (nSPS) is 25.8. The van der Waals surface area contributed by atoms with Crippen molar-refractivity contribution in [2.45, 2.75) is 26.2 Å².